The molecule has 0 atom stereocenters. The van der Waals surface area contributed by atoms with Crippen LogP contribution in [0, 0.1) is 6.92 Å². The van der Waals surface area contributed by atoms with Gasteiger partial charge in [0, 0.05) is 43.6 Å². The molecule has 162 valence electrons. The quantitative estimate of drug-likeness (QED) is 0.466. The molecule has 0 N–H and O–H groups in total. The molecule has 0 amide bonds. The first-order valence-electron chi connectivity index (χ1n) is 10.7. The van der Waals surface area contributed by atoms with Gasteiger partial charge in [-0.15, -0.1) is 0 Å². The second-order valence-corrected chi connectivity index (χ2v) is 7.84. The summed E-state index contributed by atoms with van der Waals surface area (Å²) in [4.78, 5) is 14.0. The van der Waals surface area contributed by atoms with Crippen molar-refractivity contribution in [2.45, 2.75) is 6.92 Å². The van der Waals surface area contributed by atoms with E-state index in [4.69, 9.17) is 9.26 Å². The van der Waals surface area contributed by atoms with Crippen LogP contribution in [0.2, 0.25) is 0 Å². The third-order valence-electron chi connectivity index (χ3n) is 5.77. The summed E-state index contributed by atoms with van der Waals surface area (Å²) in [6, 6.07) is 20.2. The highest BCUT2D eigenvalue weighted by molar-refractivity contribution is 5.71. The number of anilines is 2. The van der Waals surface area contributed by atoms with Crippen LogP contribution < -0.4 is 14.5 Å². The van der Waals surface area contributed by atoms with Crippen LogP contribution in [0.15, 0.2) is 71.4 Å². The lowest BCUT2D eigenvalue weighted by Crippen LogP contribution is -2.47. The lowest BCUT2D eigenvalue weighted by atomic mass is 10.1. The molecule has 0 spiro atoms. The molecule has 0 saturated carbocycles. The van der Waals surface area contributed by atoms with Crippen molar-refractivity contribution >= 4 is 11.5 Å². The van der Waals surface area contributed by atoms with Gasteiger partial charge in [-0.3, -0.25) is 0 Å². The van der Waals surface area contributed by atoms with Gasteiger partial charge in [-0.05, 0) is 43.3 Å². The summed E-state index contributed by atoms with van der Waals surface area (Å²) in [6.07, 6.45) is 1.81. The van der Waals surface area contributed by atoms with Crippen LogP contribution in [0.4, 0.5) is 11.5 Å². The van der Waals surface area contributed by atoms with Crippen LogP contribution in [0.25, 0.3) is 22.8 Å². The van der Waals surface area contributed by atoms with Gasteiger partial charge in [0.15, 0.2) is 0 Å². The first-order valence-corrected chi connectivity index (χ1v) is 10.7. The van der Waals surface area contributed by atoms with Gasteiger partial charge < -0.3 is 19.1 Å². The van der Waals surface area contributed by atoms with Crippen molar-refractivity contribution < 1.29 is 9.26 Å². The summed E-state index contributed by atoms with van der Waals surface area (Å²) in [5, 5.41) is 4.19. The normalized spacial score (nSPS) is 13.9. The molecule has 1 saturated heterocycles. The van der Waals surface area contributed by atoms with E-state index in [0.717, 1.165) is 48.9 Å². The minimum absolute atomic E-state index is 0.487. The van der Waals surface area contributed by atoms with Crippen molar-refractivity contribution in [2.24, 2.45) is 0 Å². The van der Waals surface area contributed by atoms with Crippen LogP contribution in [0.3, 0.4) is 0 Å². The number of pyridine rings is 1. The Morgan fingerprint density at radius 2 is 1.59 bits per heavy atom. The van der Waals surface area contributed by atoms with E-state index >= 15 is 0 Å². The summed E-state index contributed by atoms with van der Waals surface area (Å²) in [5.74, 6) is 2.82. The first-order chi connectivity index (χ1) is 15.7. The van der Waals surface area contributed by atoms with Gasteiger partial charge in [-0.25, -0.2) is 4.98 Å². The van der Waals surface area contributed by atoms with E-state index in [0.29, 0.717) is 11.7 Å². The molecule has 0 radical (unpaired) electrons. The molecule has 4 aromatic rings. The lowest BCUT2D eigenvalue weighted by Gasteiger charge is -2.37. The molecule has 1 fully saturated rings. The molecule has 0 bridgehead atoms. The third kappa shape index (κ3) is 4.01. The van der Waals surface area contributed by atoms with Crippen molar-refractivity contribution in [3.8, 4) is 28.6 Å². The fraction of sp³-hybridized carbons (Fsp3) is 0.240. The highest BCUT2D eigenvalue weighted by Crippen LogP contribution is 2.30. The first kappa shape index (κ1) is 20.1. The maximum atomic E-state index is 5.63. The summed E-state index contributed by atoms with van der Waals surface area (Å²) in [5.41, 5.74) is 4.19. The van der Waals surface area contributed by atoms with Gasteiger partial charge in [-0.1, -0.05) is 35.0 Å². The lowest BCUT2D eigenvalue weighted by molar-refractivity contribution is 0.415. The molecular formula is C25H25N5O2. The Morgan fingerprint density at radius 3 is 2.31 bits per heavy atom. The predicted molar refractivity (Wildman–Crippen MR) is 125 cm³/mol. The van der Waals surface area contributed by atoms with Crippen LogP contribution in [0.5, 0.6) is 5.75 Å². The van der Waals surface area contributed by atoms with E-state index in [1.165, 1.54) is 11.3 Å². The number of methoxy groups -OCH3 is 1. The minimum Gasteiger partial charge on any atom is -0.497 e. The van der Waals surface area contributed by atoms with Gasteiger partial charge in [0.2, 0.25) is 5.82 Å². The molecule has 2 aromatic carbocycles. The van der Waals surface area contributed by atoms with Crippen LogP contribution >= 0.6 is 0 Å². The molecule has 32 heavy (non-hydrogen) atoms. The topological polar surface area (TPSA) is 67.5 Å². The predicted octanol–water partition coefficient (Wildman–Crippen LogP) is 4.44. The molecule has 1 aliphatic heterocycles. The van der Waals surface area contributed by atoms with E-state index in [1.54, 1.807) is 7.11 Å². The third-order valence-corrected chi connectivity index (χ3v) is 5.77. The van der Waals surface area contributed by atoms with Gasteiger partial charge in [0.25, 0.3) is 5.89 Å². The Labute approximate surface area is 187 Å². The van der Waals surface area contributed by atoms with E-state index in [9.17, 15) is 0 Å². The van der Waals surface area contributed by atoms with Gasteiger partial charge in [-0.2, -0.15) is 4.98 Å². The average Bonchev–Trinajstić information content (AvgIpc) is 3.35. The second kappa shape index (κ2) is 8.70. The zero-order valence-electron chi connectivity index (χ0n) is 18.2. The molecule has 2 aromatic heterocycles. The van der Waals surface area contributed by atoms with Crippen molar-refractivity contribution in [2.75, 3.05) is 43.1 Å². The number of hydrogen-bond acceptors (Lipinski definition) is 7. The van der Waals surface area contributed by atoms with E-state index in [-0.39, 0.29) is 0 Å². The van der Waals surface area contributed by atoms with Crippen molar-refractivity contribution in [3.63, 3.8) is 0 Å². The zero-order valence-corrected chi connectivity index (χ0v) is 18.2. The Bertz CT molecular complexity index is 1180. The van der Waals surface area contributed by atoms with Crippen molar-refractivity contribution in [3.05, 3.63) is 72.4 Å². The standard InChI is InChI=1S/C25H25N5O2/c1-18-5-7-19(8-6-18)23-27-25(32-28-23)22-4-3-13-26-24(22)30-16-14-29(15-17-30)20-9-11-21(31-2)12-10-20/h3-13H,14-17H2,1-2H3. The van der Waals surface area contributed by atoms with Crippen molar-refractivity contribution in [1.29, 1.82) is 0 Å². The summed E-state index contributed by atoms with van der Waals surface area (Å²) in [6.45, 7) is 5.58. The van der Waals surface area contributed by atoms with Gasteiger partial charge in [0.1, 0.15) is 11.6 Å². The smallest absolute Gasteiger partial charge is 0.261 e. The summed E-state index contributed by atoms with van der Waals surface area (Å²) in [7, 11) is 1.69. The number of aromatic nitrogens is 3. The maximum absolute atomic E-state index is 5.63. The van der Waals surface area contributed by atoms with Crippen LogP contribution in [0.1, 0.15) is 5.56 Å². The highest BCUT2D eigenvalue weighted by atomic mass is 16.5. The Hall–Kier alpha value is -3.87. The minimum atomic E-state index is 0.487. The fourth-order valence-corrected chi connectivity index (χ4v) is 3.94. The number of hydrogen-bond donors (Lipinski definition) is 0. The Morgan fingerprint density at radius 1 is 0.875 bits per heavy atom. The number of aryl methyl sites for hydroxylation is 1. The number of piperazine rings is 1. The molecule has 0 aliphatic carbocycles. The fourth-order valence-electron chi connectivity index (χ4n) is 3.94. The molecule has 7 nitrogen and oxygen atoms in total. The molecule has 3 heterocycles. The number of benzene rings is 2. The average molecular weight is 428 g/mol. The Kier molecular flexibility index (Phi) is 5.46. The molecular weight excluding hydrogens is 402 g/mol. The number of rotatable bonds is 5. The number of ether oxygens (including phenoxy) is 1. The zero-order chi connectivity index (χ0) is 21.9. The van der Waals surface area contributed by atoms with Crippen LogP contribution in [-0.2, 0) is 0 Å². The summed E-state index contributed by atoms with van der Waals surface area (Å²) >= 11 is 0. The van der Waals surface area contributed by atoms with Crippen LogP contribution in [-0.4, -0.2) is 48.4 Å². The van der Waals surface area contributed by atoms with E-state index in [1.807, 2.05) is 54.7 Å². The Balaban J connectivity index is 1.34. The van der Waals surface area contributed by atoms with E-state index < -0.39 is 0 Å². The SMILES string of the molecule is COc1ccc(N2CCN(c3ncccc3-c3nc(-c4ccc(C)cc4)no3)CC2)cc1. The molecule has 1 aliphatic rings. The highest BCUT2D eigenvalue weighted by Gasteiger charge is 2.23. The van der Waals surface area contributed by atoms with Gasteiger partial charge >= 0.3 is 0 Å². The monoisotopic (exact) mass is 427 g/mol. The number of nitrogens with zero attached hydrogens (tertiary/aromatic N) is 5. The van der Waals surface area contributed by atoms with Crippen molar-refractivity contribution in [1.82, 2.24) is 15.1 Å². The molecule has 5 rings (SSSR count). The largest absolute Gasteiger partial charge is 0.497 e. The molecule has 0 unspecified atom stereocenters. The van der Waals surface area contributed by atoms with Gasteiger partial charge in [0.05, 0.1) is 12.7 Å². The second-order valence-electron chi connectivity index (χ2n) is 7.84. The van der Waals surface area contributed by atoms with E-state index in [2.05, 4.69) is 44.0 Å². The maximum Gasteiger partial charge on any atom is 0.261 e. The summed E-state index contributed by atoms with van der Waals surface area (Å²) < 4.78 is 10.9. The molecule has 7 heteroatoms.